The maximum atomic E-state index is 11.3. The third-order valence-corrected chi connectivity index (χ3v) is 3.38. The molecule has 0 saturated heterocycles. The lowest BCUT2D eigenvalue weighted by Crippen LogP contribution is -2.42. The first-order chi connectivity index (χ1) is 9.08. The van der Waals surface area contributed by atoms with Gasteiger partial charge < -0.3 is 9.84 Å². The van der Waals surface area contributed by atoms with Gasteiger partial charge in [0.2, 0.25) is 0 Å². The number of hydrogen-bond acceptors (Lipinski definition) is 3. The quantitative estimate of drug-likeness (QED) is 0.856. The van der Waals surface area contributed by atoms with Crippen molar-refractivity contribution in [2.45, 2.75) is 39.0 Å². The van der Waals surface area contributed by atoms with E-state index in [4.69, 9.17) is 4.74 Å². The first-order valence-corrected chi connectivity index (χ1v) is 6.72. The van der Waals surface area contributed by atoms with Crippen molar-refractivity contribution < 1.29 is 14.6 Å². The van der Waals surface area contributed by atoms with E-state index in [1.165, 1.54) is 0 Å². The Labute approximate surface area is 113 Å². The average Bonchev–Trinajstić information content (AvgIpc) is 2.37. The molecule has 0 bridgehead atoms. The van der Waals surface area contributed by atoms with Crippen molar-refractivity contribution in [2.75, 3.05) is 6.61 Å². The van der Waals surface area contributed by atoms with Gasteiger partial charge >= 0.3 is 5.97 Å². The monoisotopic (exact) mass is 263 g/mol. The maximum Gasteiger partial charge on any atom is 0.320 e. The summed E-state index contributed by atoms with van der Waals surface area (Å²) < 4.78 is 5.54. The molecule has 1 heterocycles. The molecule has 1 aliphatic heterocycles. The Morgan fingerprint density at radius 3 is 2.89 bits per heavy atom. The lowest BCUT2D eigenvalue weighted by Gasteiger charge is -2.29. The van der Waals surface area contributed by atoms with Crippen molar-refractivity contribution in [1.29, 1.82) is 0 Å². The van der Waals surface area contributed by atoms with Crippen molar-refractivity contribution in [3.05, 3.63) is 35.4 Å². The van der Waals surface area contributed by atoms with Gasteiger partial charge in [-0.15, -0.1) is 0 Å². The summed E-state index contributed by atoms with van der Waals surface area (Å²) in [7, 11) is 0. The zero-order chi connectivity index (χ0) is 13.8. The second kappa shape index (κ2) is 6.17. The van der Waals surface area contributed by atoms with Gasteiger partial charge in [-0.2, -0.15) is 0 Å². The molecule has 1 aromatic rings. The first-order valence-electron chi connectivity index (χ1n) is 6.72. The van der Waals surface area contributed by atoms with Crippen LogP contribution in [-0.4, -0.2) is 23.7 Å². The summed E-state index contributed by atoms with van der Waals surface area (Å²) in [6, 6.07) is 7.47. The Kier molecular flexibility index (Phi) is 4.56. The largest absolute Gasteiger partial charge is 0.480 e. The van der Waals surface area contributed by atoms with Crippen LogP contribution in [0.2, 0.25) is 0 Å². The average molecular weight is 263 g/mol. The molecule has 19 heavy (non-hydrogen) atoms. The van der Waals surface area contributed by atoms with Crippen LogP contribution in [0.15, 0.2) is 24.3 Å². The van der Waals surface area contributed by atoms with E-state index in [0.717, 1.165) is 11.1 Å². The van der Waals surface area contributed by atoms with Crippen molar-refractivity contribution in [3.63, 3.8) is 0 Å². The molecule has 0 saturated carbocycles. The van der Waals surface area contributed by atoms with E-state index in [9.17, 15) is 9.90 Å². The van der Waals surface area contributed by atoms with Crippen LogP contribution < -0.4 is 5.32 Å². The standard InChI is InChI=1S/C15H21NO3/c1-10(2)7-13(15(17)18)16-14-9-19-8-11-5-3-4-6-12(11)14/h3-6,10,13-14,16H,7-9H2,1-2H3,(H,17,18). The van der Waals surface area contributed by atoms with Crippen LogP contribution >= 0.6 is 0 Å². The highest BCUT2D eigenvalue weighted by atomic mass is 16.5. The molecule has 2 atom stereocenters. The van der Waals surface area contributed by atoms with Gasteiger partial charge in [-0.3, -0.25) is 10.1 Å². The third-order valence-electron chi connectivity index (χ3n) is 3.38. The summed E-state index contributed by atoms with van der Waals surface area (Å²) in [6.07, 6.45) is 0.619. The van der Waals surface area contributed by atoms with E-state index >= 15 is 0 Å². The number of aliphatic carboxylic acids is 1. The first kappa shape index (κ1) is 14.0. The Balaban J connectivity index is 2.12. The van der Waals surface area contributed by atoms with Crippen molar-refractivity contribution >= 4 is 5.97 Å². The topological polar surface area (TPSA) is 58.6 Å². The molecule has 0 fully saturated rings. The van der Waals surface area contributed by atoms with E-state index < -0.39 is 12.0 Å². The van der Waals surface area contributed by atoms with Gasteiger partial charge in [0.15, 0.2) is 0 Å². The molecule has 0 amide bonds. The van der Waals surface area contributed by atoms with Crippen LogP contribution in [0.3, 0.4) is 0 Å². The third kappa shape index (κ3) is 3.55. The van der Waals surface area contributed by atoms with E-state index in [-0.39, 0.29) is 6.04 Å². The fourth-order valence-corrected chi connectivity index (χ4v) is 2.47. The fourth-order valence-electron chi connectivity index (χ4n) is 2.47. The predicted molar refractivity (Wildman–Crippen MR) is 72.9 cm³/mol. The smallest absolute Gasteiger partial charge is 0.320 e. The molecule has 2 unspecified atom stereocenters. The molecular formula is C15H21NO3. The van der Waals surface area contributed by atoms with Gasteiger partial charge in [0.05, 0.1) is 19.3 Å². The van der Waals surface area contributed by atoms with Gasteiger partial charge in [0.25, 0.3) is 0 Å². The summed E-state index contributed by atoms with van der Waals surface area (Å²) in [6.45, 7) is 5.20. The molecule has 4 heteroatoms. The minimum Gasteiger partial charge on any atom is -0.480 e. The van der Waals surface area contributed by atoms with Crippen molar-refractivity contribution in [1.82, 2.24) is 5.32 Å². The second-order valence-corrected chi connectivity index (χ2v) is 5.45. The molecule has 1 aliphatic rings. The number of nitrogens with one attached hydrogen (secondary N) is 1. The van der Waals surface area contributed by atoms with E-state index in [1.807, 2.05) is 38.1 Å². The zero-order valence-electron chi connectivity index (χ0n) is 11.4. The Morgan fingerprint density at radius 1 is 1.47 bits per heavy atom. The highest BCUT2D eigenvalue weighted by Gasteiger charge is 2.26. The Bertz CT molecular complexity index is 445. The number of ether oxygens (including phenoxy) is 1. The summed E-state index contributed by atoms with van der Waals surface area (Å²) in [5, 5.41) is 12.5. The van der Waals surface area contributed by atoms with Crippen molar-refractivity contribution in [2.24, 2.45) is 5.92 Å². The van der Waals surface area contributed by atoms with Gasteiger partial charge in [0.1, 0.15) is 6.04 Å². The molecule has 0 spiro atoms. The normalized spacial score (nSPS) is 20.1. The Hall–Kier alpha value is -1.39. The second-order valence-electron chi connectivity index (χ2n) is 5.45. The maximum absolute atomic E-state index is 11.3. The number of carboxylic acids is 1. The predicted octanol–water partition coefficient (Wildman–Crippen LogP) is 2.35. The zero-order valence-corrected chi connectivity index (χ0v) is 11.4. The van der Waals surface area contributed by atoms with E-state index in [0.29, 0.717) is 25.6 Å². The minimum absolute atomic E-state index is 0.0372. The van der Waals surface area contributed by atoms with Gasteiger partial charge in [-0.1, -0.05) is 38.1 Å². The number of rotatable bonds is 5. The molecule has 1 aromatic carbocycles. The van der Waals surface area contributed by atoms with Crippen LogP contribution in [-0.2, 0) is 16.1 Å². The molecule has 2 N–H and O–H groups in total. The number of carbonyl (C=O) groups is 1. The van der Waals surface area contributed by atoms with Crippen LogP contribution in [0.4, 0.5) is 0 Å². The lowest BCUT2D eigenvalue weighted by atomic mass is 9.96. The summed E-state index contributed by atoms with van der Waals surface area (Å²) in [5.74, 6) is -0.454. The summed E-state index contributed by atoms with van der Waals surface area (Å²) in [4.78, 5) is 11.3. The number of hydrogen-bond donors (Lipinski definition) is 2. The molecule has 0 aliphatic carbocycles. The SMILES string of the molecule is CC(C)CC(NC1COCc2ccccc21)C(=O)O. The van der Waals surface area contributed by atoms with Crippen LogP contribution in [0.25, 0.3) is 0 Å². The molecule has 0 aromatic heterocycles. The highest BCUT2D eigenvalue weighted by Crippen LogP contribution is 2.25. The molecular weight excluding hydrogens is 242 g/mol. The van der Waals surface area contributed by atoms with Gasteiger partial charge in [0, 0.05) is 0 Å². The number of fused-ring (bicyclic) bond motifs is 1. The van der Waals surface area contributed by atoms with E-state index in [1.54, 1.807) is 0 Å². The number of benzene rings is 1. The van der Waals surface area contributed by atoms with E-state index in [2.05, 4.69) is 5.32 Å². The molecule has 4 nitrogen and oxygen atoms in total. The highest BCUT2D eigenvalue weighted by molar-refractivity contribution is 5.73. The fraction of sp³-hybridized carbons (Fsp3) is 0.533. The Morgan fingerprint density at radius 2 is 2.21 bits per heavy atom. The molecule has 0 radical (unpaired) electrons. The molecule has 104 valence electrons. The number of carboxylic acid groups (broad SMARTS) is 1. The minimum atomic E-state index is -0.795. The van der Waals surface area contributed by atoms with Gasteiger partial charge in [-0.05, 0) is 23.5 Å². The summed E-state index contributed by atoms with van der Waals surface area (Å²) in [5.41, 5.74) is 2.30. The van der Waals surface area contributed by atoms with Crippen LogP contribution in [0, 0.1) is 5.92 Å². The van der Waals surface area contributed by atoms with Crippen molar-refractivity contribution in [3.8, 4) is 0 Å². The van der Waals surface area contributed by atoms with Crippen LogP contribution in [0.5, 0.6) is 0 Å². The summed E-state index contributed by atoms with van der Waals surface area (Å²) >= 11 is 0. The van der Waals surface area contributed by atoms with Crippen LogP contribution in [0.1, 0.15) is 37.4 Å². The lowest BCUT2D eigenvalue weighted by molar-refractivity contribution is -0.140. The molecule has 2 rings (SSSR count). The van der Waals surface area contributed by atoms with Gasteiger partial charge in [-0.25, -0.2) is 0 Å².